The van der Waals surface area contributed by atoms with E-state index in [1.54, 1.807) is 4.57 Å². The summed E-state index contributed by atoms with van der Waals surface area (Å²) in [4.78, 5) is 0. The summed E-state index contributed by atoms with van der Waals surface area (Å²) in [5.41, 5.74) is 12.7. The van der Waals surface area contributed by atoms with E-state index in [4.69, 9.17) is 13.0 Å². The van der Waals surface area contributed by atoms with Crippen LogP contribution in [0.5, 0.6) is 11.5 Å². The number of para-hydroxylation sites is 3. The number of rotatable bonds is 3. The van der Waals surface area contributed by atoms with E-state index in [0.717, 1.165) is 87.7 Å². The molecular weight excluding hydrogens is 872 g/mol. The van der Waals surface area contributed by atoms with Gasteiger partial charge in [-0.05, 0) is 125 Å². The summed E-state index contributed by atoms with van der Waals surface area (Å²) >= 11 is 0. The van der Waals surface area contributed by atoms with Crippen molar-refractivity contribution in [1.82, 2.24) is 9.13 Å². The van der Waals surface area contributed by atoms with Gasteiger partial charge in [-0.25, -0.2) is 0 Å². The maximum atomic E-state index is 9.34. The second-order valence-corrected chi connectivity index (χ2v) is 21.5. The van der Waals surface area contributed by atoms with E-state index in [9.17, 15) is 2.74 Å². The monoisotopic (exact) mass is 932 g/mol. The lowest BCUT2D eigenvalue weighted by atomic mass is 9.34. The molecule has 0 bridgehead atoms. The second kappa shape index (κ2) is 15.6. The second-order valence-electron chi connectivity index (χ2n) is 21.5. The Bertz CT molecular complexity index is 4710. The van der Waals surface area contributed by atoms with Gasteiger partial charge in [0, 0.05) is 44.5 Å². The zero-order valence-corrected chi connectivity index (χ0v) is 41.0. The Balaban J connectivity index is 1.18. The maximum Gasteiger partial charge on any atom is 0.256 e. The van der Waals surface area contributed by atoms with Gasteiger partial charge in [0.15, 0.2) is 0 Å². The summed E-state index contributed by atoms with van der Waals surface area (Å²) in [6.07, 6.45) is 0. The van der Waals surface area contributed by atoms with Crippen molar-refractivity contribution in [1.29, 1.82) is 0 Å². The third-order valence-electron chi connectivity index (χ3n) is 15.1. The molecule has 0 amide bonds. The van der Waals surface area contributed by atoms with E-state index in [0.29, 0.717) is 17.2 Å². The molecule has 2 aromatic heterocycles. The van der Waals surface area contributed by atoms with Crippen LogP contribution in [0.25, 0.3) is 98.8 Å². The van der Waals surface area contributed by atoms with Crippen LogP contribution >= 0.6 is 0 Å². The number of hydrogen-bond acceptors (Lipinski definition) is 1. The predicted octanol–water partition coefficient (Wildman–Crippen LogP) is 16.2. The molecule has 14 rings (SSSR count). The van der Waals surface area contributed by atoms with Crippen molar-refractivity contribution in [2.45, 2.75) is 52.4 Å². The minimum atomic E-state index is -0.489. The van der Waals surface area contributed by atoms with Gasteiger partial charge >= 0.3 is 0 Å². The van der Waals surface area contributed by atoms with Crippen LogP contribution in [0.15, 0.2) is 212 Å². The first-order valence-electron chi connectivity index (χ1n) is 28.8. The average Bonchev–Trinajstić information content (AvgIpc) is 4.00. The van der Waals surface area contributed by atoms with Gasteiger partial charge in [0.1, 0.15) is 11.5 Å². The largest absolute Gasteiger partial charge is 0.458 e. The van der Waals surface area contributed by atoms with Gasteiger partial charge in [-0.2, -0.15) is 0 Å². The Hall–Kier alpha value is -8.34. The molecule has 12 aromatic rings. The molecule has 0 unspecified atom stereocenters. The minimum Gasteiger partial charge on any atom is -0.458 e. The third kappa shape index (κ3) is 6.44. The number of ether oxygens (including phenoxy) is 1. The summed E-state index contributed by atoms with van der Waals surface area (Å²) < 4.78 is 83.5. The lowest BCUT2D eigenvalue weighted by molar-refractivity contribution is 0.487. The number of benzene rings is 10. The molecular formula is C68H53BN2O. The molecule has 0 saturated heterocycles. The highest BCUT2D eigenvalue weighted by Crippen LogP contribution is 2.43. The van der Waals surface area contributed by atoms with Crippen LogP contribution in [0, 0.1) is 0 Å². The van der Waals surface area contributed by atoms with Crippen LogP contribution in [-0.2, 0) is 10.8 Å². The molecule has 3 nitrogen and oxygen atoms in total. The van der Waals surface area contributed by atoms with Crippen LogP contribution in [0.3, 0.4) is 0 Å². The van der Waals surface area contributed by atoms with Crippen molar-refractivity contribution >= 4 is 88.3 Å². The SMILES string of the molecule is [2H]c1c([2H])c([2H])c2c(c1[2H])c1c([2H])c([2H])c([2H])c([2H])c1n2-c1ccc2c(c1)Oc1cc(-c3ccccc3)cc3c1B2c1cc(-c2cc(C(C)(C)C)cc(C(C)(C)C)c2)cc2c4ccccc4c4ccccc4c4ccccc4n-3c12. The molecule has 10 aromatic carbocycles. The number of nitrogens with zero attached hydrogens (tertiary/aromatic N) is 2. The highest BCUT2D eigenvalue weighted by molar-refractivity contribution is 6.99. The van der Waals surface area contributed by atoms with E-state index in [1.807, 2.05) is 36.4 Å². The van der Waals surface area contributed by atoms with E-state index < -0.39 is 30.9 Å². The zero-order chi connectivity index (χ0) is 55.6. The highest BCUT2D eigenvalue weighted by Gasteiger charge is 2.41. The Morgan fingerprint density at radius 3 is 1.58 bits per heavy atom. The van der Waals surface area contributed by atoms with Crippen molar-refractivity contribution in [3.8, 4) is 45.1 Å². The Morgan fingerprint density at radius 2 is 0.944 bits per heavy atom. The molecule has 4 heterocycles. The molecule has 2 aliphatic rings. The van der Waals surface area contributed by atoms with Gasteiger partial charge in [0.05, 0.1) is 27.5 Å². The van der Waals surface area contributed by atoms with Crippen molar-refractivity contribution in [2.24, 2.45) is 0 Å². The predicted molar refractivity (Wildman–Crippen MR) is 307 cm³/mol. The standard InChI is InChI=1S/C68H53BN2O/c1-67(2,3)46-34-43(35-47(40-46)68(4,5)6)44-36-56-52-25-13-11-23-50(52)49-22-10-12-24-51(49)53-26-14-19-31-61(53)71-62-38-45(42-20-8-7-9-21-42)39-64-65(62)69(58(37-44)66(56)71)57-33-32-48(41-63(57)72-64)70-59-29-17-15-27-54(59)55-28-16-18-30-60(55)70/h7-41H,1-6H3/i15D,16D,17D,18D,27D,28D,29D,30D. The minimum absolute atomic E-state index is 0.0192. The van der Waals surface area contributed by atoms with E-state index >= 15 is 0 Å². The Labute approximate surface area is 432 Å². The Kier molecular flexibility index (Phi) is 7.55. The lowest BCUT2D eigenvalue weighted by Gasteiger charge is -2.35. The molecule has 0 spiro atoms. The summed E-state index contributed by atoms with van der Waals surface area (Å²) in [6, 6.07) is 55.2. The van der Waals surface area contributed by atoms with Crippen molar-refractivity contribution in [2.75, 3.05) is 0 Å². The lowest BCUT2D eigenvalue weighted by Crippen LogP contribution is -2.58. The van der Waals surface area contributed by atoms with Gasteiger partial charge < -0.3 is 13.9 Å². The summed E-state index contributed by atoms with van der Waals surface area (Å²) in [5, 5.41) is 6.62. The molecule has 0 aliphatic carbocycles. The first-order chi connectivity index (χ1) is 38.3. The average molecular weight is 933 g/mol. The van der Waals surface area contributed by atoms with Gasteiger partial charge in [-0.3, -0.25) is 0 Å². The topological polar surface area (TPSA) is 19.1 Å². The van der Waals surface area contributed by atoms with Gasteiger partial charge in [0.2, 0.25) is 0 Å². The highest BCUT2D eigenvalue weighted by atomic mass is 16.5. The maximum absolute atomic E-state index is 9.34. The molecule has 4 heteroatoms. The molecule has 0 radical (unpaired) electrons. The smallest absolute Gasteiger partial charge is 0.256 e. The fourth-order valence-corrected chi connectivity index (χ4v) is 11.6. The molecule has 0 saturated carbocycles. The fourth-order valence-electron chi connectivity index (χ4n) is 11.6. The molecule has 0 N–H and O–H groups in total. The molecule has 0 fully saturated rings. The van der Waals surface area contributed by atoms with E-state index in [2.05, 4.69) is 174 Å². The fraction of sp³-hybridized carbons (Fsp3) is 0.118. The normalized spacial score (nSPS) is 14.5. The first kappa shape index (κ1) is 34.9. The van der Waals surface area contributed by atoms with Crippen LogP contribution in [0.1, 0.15) is 63.6 Å². The van der Waals surface area contributed by atoms with Gasteiger partial charge in [0.25, 0.3) is 6.71 Å². The van der Waals surface area contributed by atoms with Crippen molar-refractivity contribution in [3.05, 3.63) is 223 Å². The number of fused-ring (bicyclic) bond motifs is 14. The van der Waals surface area contributed by atoms with Crippen LogP contribution in [0.4, 0.5) is 0 Å². The molecule has 72 heavy (non-hydrogen) atoms. The van der Waals surface area contributed by atoms with Crippen molar-refractivity contribution < 1.29 is 15.7 Å². The zero-order valence-electron chi connectivity index (χ0n) is 49.0. The number of hydrogen-bond donors (Lipinski definition) is 0. The first-order valence-corrected chi connectivity index (χ1v) is 24.8. The third-order valence-corrected chi connectivity index (χ3v) is 15.1. The quantitative estimate of drug-likeness (QED) is 0.162. The molecule has 0 atom stereocenters. The van der Waals surface area contributed by atoms with Gasteiger partial charge in [-0.15, -0.1) is 0 Å². The Morgan fingerprint density at radius 1 is 0.403 bits per heavy atom. The van der Waals surface area contributed by atoms with Gasteiger partial charge in [-0.1, -0.05) is 205 Å². The molecule has 2 aliphatic heterocycles. The van der Waals surface area contributed by atoms with Crippen LogP contribution in [0.2, 0.25) is 0 Å². The van der Waals surface area contributed by atoms with Crippen LogP contribution < -0.4 is 21.1 Å². The van der Waals surface area contributed by atoms with Crippen LogP contribution in [-0.4, -0.2) is 15.8 Å². The van der Waals surface area contributed by atoms with Crippen molar-refractivity contribution in [3.63, 3.8) is 0 Å². The summed E-state index contributed by atoms with van der Waals surface area (Å²) in [6.45, 7) is 13.2. The summed E-state index contributed by atoms with van der Waals surface area (Å²) in [7, 11) is 0. The van der Waals surface area contributed by atoms with E-state index in [-0.39, 0.29) is 56.8 Å². The van der Waals surface area contributed by atoms with E-state index in [1.165, 1.54) is 11.1 Å². The number of aromatic nitrogens is 2. The molecule has 344 valence electrons. The summed E-state index contributed by atoms with van der Waals surface area (Å²) in [5.74, 6) is 1.14.